The molecular formula is C41H53N3O10. The number of carboxylic acids is 1. The minimum atomic E-state index is -1.80. The van der Waals surface area contributed by atoms with Crippen LogP contribution in [0.5, 0.6) is 0 Å². The van der Waals surface area contributed by atoms with Gasteiger partial charge in [0.15, 0.2) is 12.4 Å². The minimum Gasteiger partial charge on any atom is -0.480 e. The number of H-pyrrole nitrogens is 1. The average molecular weight is 748 g/mol. The van der Waals surface area contributed by atoms with Crippen molar-refractivity contribution in [3.63, 3.8) is 0 Å². The zero-order valence-corrected chi connectivity index (χ0v) is 31.5. The Morgan fingerprint density at radius 2 is 1.76 bits per heavy atom. The average Bonchev–Trinajstić information content (AvgIpc) is 3.65. The summed E-state index contributed by atoms with van der Waals surface area (Å²) in [5.74, 6) is -4.32. The molecular weight excluding hydrogens is 694 g/mol. The largest absolute Gasteiger partial charge is 0.480 e. The molecule has 4 aliphatic carbocycles. The fourth-order valence-electron chi connectivity index (χ4n) is 10.5. The molecule has 6 N–H and O–H groups in total. The molecule has 13 heteroatoms. The highest BCUT2D eigenvalue weighted by Crippen LogP contribution is 2.67. The third-order valence-electron chi connectivity index (χ3n) is 13.4. The van der Waals surface area contributed by atoms with E-state index in [0.717, 1.165) is 29.3 Å². The number of carboxylic acid groups (broad SMARTS) is 1. The van der Waals surface area contributed by atoms with Crippen molar-refractivity contribution < 1.29 is 48.8 Å². The Morgan fingerprint density at radius 3 is 2.48 bits per heavy atom. The van der Waals surface area contributed by atoms with E-state index in [9.17, 15) is 44.1 Å². The van der Waals surface area contributed by atoms with E-state index in [-0.39, 0.29) is 61.1 Å². The van der Waals surface area contributed by atoms with Crippen LogP contribution in [0.15, 0.2) is 42.1 Å². The normalized spacial score (nSPS) is 31.4. The van der Waals surface area contributed by atoms with E-state index in [1.807, 2.05) is 31.2 Å². The number of rotatable bonds is 13. The van der Waals surface area contributed by atoms with Crippen LogP contribution in [0.1, 0.15) is 91.0 Å². The summed E-state index contributed by atoms with van der Waals surface area (Å²) in [6.07, 6.45) is 5.61. The summed E-state index contributed by atoms with van der Waals surface area (Å²) in [5, 5.41) is 39.4. The van der Waals surface area contributed by atoms with Crippen LogP contribution in [-0.2, 0) is 39.9 Å². The Morgan fingerprint density at radius 1 is 1.02 bits per heavy atom. The van der Waals surface area contributed by atoms with E-state index in [0.29, 0.717) is 24.8 Å². The Labute approximate surface area is 314 Å². The lowest BCUT2D eigenvalue weighted by molar-refractivity contribution is -0.184. The number of benzene rings is 1. The van der Waals surface area contributed by atoms with Gasteiger partial charge in [0.05, 0.1) is 12.5 Å². The molecule has 0 unspecified atom stereocenters. The van der Waals surface area contributed by atoms with Crippen molar-refractivity contribution in [3.05, 3.63) is 47.7 Å². The number of allylic oxidation sites excluding steroid dienone is 1. The maximum absolute atomic E-state index is 13.6. The van der Waals surface area contributed by atoms with Gasteiger partial charge in [-0.15, -0.1) is 0 Å². The van der Waals surface area contributed by atoms with Gasteiger partial charge in [0.1, 0.15) is 17.7 Å². The first-order chi connectivity index (χ1) is 25.5. The van der Waals surface area contributed by atoms with Gasteiger partial charge in [-0.25, -0.2) is 4.79 Å². The van der Waals surface area contributed by atoms with Gasteiger partial charge in [-0.05, 0) is 85.3 Å². The van der Waals surface area contributed by atoms with Gasteiger partial charge < -0.3 is 35.7 Å². The number of carbonyl (C=O) groups is 6. The zero-order chi connectivity index (χ0) is 39.2. The van der Waals surface area contributed by atoms with Crippen LogP contribution in [0.4, 0.5) is 0 Å². The summed E-state index contributed by atoms with van der Waals surface area (Å²) in [6.45, 7) is 6.71. The predicted octanol–water partition coefficient (Wildman–Crippen LogP) is 3.55. The molecule has 292 valence electrons. The highest BCUT2D eigenvalue weighted by Gasteiger charge is 2.68. The number of aliphatic carboxylic acids is 1. The molecule has 1 aromatic heterocycles. The Kier molecular flexibility index (Phi) is 11.0. The molecule has 1 heterocycles. The van der Waals surface area contributed by atoms with E-state index in [1.165, 1.54) is 0 Å². The van der Waals surface area contributed by atoms with Gasteiger partial charge in [-0.2, -0.15) is 0 Å². The SMILES string of the molecule is CC(C)[C@@H](NC(=O)CCC(=O)OCC(=O)[C@@]1(O)CC[C@H]2[C@@H]3CCC4=CC(=O)CC[C@]4(C)[C@H]3[C@@H](O)C[C@@]21C)C(=O)N[C@H](Cc1c[nH]c2ccccc12)C(=O)O. The number of aromatic nitrogens is 1. The first-order valence-corrected chi connectivity index (χ1v) is 19.2. The van der Waals surface area contributed by atoms with Crippen LogP contribution in [0.25, 0.3) is 10.9 Å². The number of aliphatic hydroxyl groups excluding tert-OH is 1. The van der Waals surface area contributed by atoms with Gasteiger partial charge in [-0.3, -0.25) is 24.0 Å². The number of ketones is 2. The summed E-state index contributed by atoms with van der Waals surface area (Å²) in [7, 11) is 0. The molecule has 0 saturated heterocycles. The van der Waals surface area contributed by atoms with E-state index in [4.69, 9.17) is 4.74 Å². The number of fused-ring (bicyclic) bond motifs is 6. The summed E-state index contributed by atoms with van der Waals surface area (Å²) in [5.41, 5.74) is -0.389. The number of nitrogens with one attached hydrogen (secondary N) is 3. The number of para-hydroxylation sites is 1. The summed E-state index contributed by atoms with van der Waals surface area (Å²) in [4.78, 5) is 79.9. The van der Waals surface area contributed by atoms with Crippen molar-refractivity contribution >= 4 is 46.2 Å². The maximum Gasteiger partial charge on any atom is 0.326 e. The zero-order valence-electron chi connectivity index (χ0n) is 31.5. The van der Waals surface area contributed by atoms with Crippen molar-refractivity contribution in [1.82, 2.24) is 15.6 Å². The number of Topliss-reactive ketones (excluding diaryl/α,β-unsaturated/α-hetero) is 1. The number of hydrogen-bond donors (Lipinski definition) is 6. The fourth-order valence-corrected chi connectivity index (χ4v) is 10.5. The molecule has 13 nitrogen and oxygen atoms in total. The fraction of sp³-hybridized carbons (Fsp3) is 0.610. The van der Waals surface area contributed by atoms with Crippen LogP contribution < -0.4 is 10.6 Å². The second-order valence-electron chi connectivity index (χ2n) is 16.8. The van der Waals surface area contributed by atoms with Crippen LogP contribution in [0, 0.1) is 34.5 Å². The van der Waals surface area contributed by atoms with E-state index < -0.39 is 71.3 Å². The van der Waals surface area contributed by atoms with Crippen LogP contribution in [0.2, 0.25) is 0 Å². The van der Waals surface area contributed by atoms with Crippen molar-refractivity contribution in [2.24, 2.45) is 34.5 Å². The number of esters is 1. The molecule has 1 aromatic carbocycles. The molecule has 3 fully saturated rings. The number of carbonyl (C=O) groups excluding carboxylic acids is 5. The third kappa shape index (κ3) is 7.12. The summed E-state index contributed by atoms with van der Waals surface area (Å²) in [6, 6.07) is 5.07. The van der Waals surface area contributed by atoms with Gasteiger partial charge in [0.25, 0.3) is 0 Å². The monoisotopic (exact) mass is 747 g/mol. The number of amides is 2. The number of ether oxygens (including phenoxy) is 1. The number of aromatic amines is 1. The smallest absolute Gasteiger partial charge is 0.326 e. The van der Waals surface area contributed by atoms with Crippen LogP contribution in [-0.4, -0.2) is 86.0 Å². The van der Waals surface area contributed by atoms with E-state index >= 15 is 0 Å². The van der Waals surface area contributed by atoms with Crippen molar-refractivity contribution in [3.8, 4) is 0 Å². The van der Waals surface area contributed by atoms with Crippen molar-refractivity contribution in [1.29, 1.82) is 0 Å². The lowest BCUT2D eigenvalue weighted by atomic mass is 9.45. The molecule has 2 aromatic rings. The summed E-state index contributed by atoms with van der Waals surface area (Å²) >= 11 is 0. The predicted molar refractivity (Wildman–Crippen MR) is 197 cm³/mol. The Bertz CT molecular complexity index is 1870. The van der Waals surface area contributed by atoms with E-state index in [1.54, 1.807) is 26.1 Å². The molecule has 2 amide bonds. The second-order valence-corrected chi connectivity index (χ2v) is 16.8. The van der Waals surface area contributed by atoms with Gasteiger partial charge >= 0.3 is 11.9 Å². The van der Waals surface area contributed by atoms with Crippen LogP contribution >= 0.6 is 0 Å². The molecule has 6 rings (SSSR count). The summed E-state index contributed by atoms with van der Waals surface area (Å²) < 4.78 is 5.27. The highest BCUT2D eigenvalue weighted by atomic mass is 16.5. The lowest BCUT2D eigenvalue weighted by Crippen LogP contribution is -2.62. The lowest BCUT2D eigenvalue weighted by Gasteiger charge is -2.60. The van der Waals surface area contributed by atoms with Gasteiger partial charge in [0, 0.05) is 41.8 Å². The minimum absolute atomic E-state index is 0.0199. The molecule has 0 bridgehead atoms. The number of hydrogen-bond acceptors (Lipinski definition) is 9. The van der Waals surface area contributed by atoms with Gasteiger partial charge in [-0.1, -0.05) is 51.5 Å². The molecule has 3 saturated carbocycles. The first-order valence-electron chi connectivity index (χ1n) is 19.2. The molecule has 0 radical (unpaired) electrons. The van der Waals surface area contributed by atoms with Crippen LogP contribution in [0.3, 0.4) is 0 Å². The Hall–Kier alpha value is -4.36. The topological polar surface area (TPSA) is 212 Å². The van der Waals surface area contributed by atoms with Crippen molar-refractivity contribution in [2.75, 3.05) is 6.61 Å². The second kappa shape index (κ2) is 15.1. The Balaban J connectivity index is 1.01. The molecule has 54 heavy (non-hydrogen) atoms. The molecule has 4 aliphatic rings. The number of aliphatic hydroxyl groups is 2. The highest BCUT2D eigenvalue weighted by molar-refractivity contribution is 5.93. The quantitative estimate of drug-likeness (QED) is 0.164. The molecule has 0 aliphatic heterocycles. The molecule has 9 atom stereocenters. The third-order valence-corrected chi connectivity index (χ3v) is 13.4. The van der Waals surface area contributed by atoms with Gasteiger partial charge in [0.2, 0.25) is 17.6 Å². The standard InChI is InChI=1S/C41H53N3O10/c1-22(2)36(37(50)43-30(38(51)52)17-23-20-42-29-8-6-5-7-26(23)29)44-33(48)11-12-34(49)54-21-32(47)41(53)16-14-28-27-10-9-24-18-25(45)13-15-39(24,3)35(27)31(46)19-40(28,41)4/h5-8,18,20,22,27-28,30-31,35-36,42,46,53H,9-17,19,21H2,1-4H3,(H,43,50)(H,44,48)(H,51,52)/t27-,28-,30+,31-,35+,36+,39-,40-,41-/m0/s1. The first kappa shape index (κ1) is 39.3. The molecule has 0 spiro atoms. The van der Waals surface area contributed by atoms with E-state index in [2.05, 4.69) is 22.5 Å². The maximum atomic E-state index is 13.6. The van der Waals surface area contributed by atoms with Crippen molar-refractivity contribution in [2.45, 2.75) is 116 Å².